The molecule has 2 aromatic carbocycles. The normalized spacial score (nSPS) is 29.9. The third-order valence-electron chi connectivity index (χ3n) is 8.02. The molecule has 2 bridgehead atoms. The van der Waals surface area contributed by atoms with Gasteiger partial charge in [0.2, 0.25) is 17.7 Å². The maximum absolute atomic E-state index is 14.0. The number of benzene rings is 2. The first kappa shape index (κ1) is 26.1. The van der Waals surface area contributed by atoms with Gasteiger partial charge >= 0.3 is 0 Å². The van der Waals surface area contributed by atoms with Crippen molar-refractivity contribution in [2.75, 3.05) is 23.8 Å². The Morgan fingerprint density at radius 3 is 2.38 bits per heavy atom. The summed E-state index contributed by atoms with van der Waals surface area (Å²) in [5, 5.41) is 15.8. The molecule has 0 radical (unpaired) electrons. The minimum atomic E-state index is -0.684. The van der Waals surface area contributed by atoms with Gasteiger partial charge in [-0.3, -0.25) is 14.4 Å². The second-order valence-electron chi connectivity index (χ2n) is 10.4. The van der Waals surface area contributed by atoms with Gasteiger partial charge < -0.3 is 20.6 Å². The summed E-state index contributed by atoms with van der Waals surface area (Å²) in [4.78, 5) is 43.3. The number of aliphatic hydroxyl groups is 1. The number of rotatable bonds is 9. The number of likely N-dealkylation sites (tertiary alicyclic amines) is 1. The molecular formula is C28H32ClN3O4S. The third-order valence-corrected chi connectivity index (χ3v) is 10.3. The van der Waals surface area contributed by atoms with Gasteiger partial charge in [0.15, 0.2) is 0 Å². The van der Waals surface area contributed by atoms with Crippen molar-refractivity contribution < 1.29 is 19.5 Å². The van der Waals surface area contributed by atoms with E-state index in [1.54, 1.807) is 40.9 Å². The first-order chi connectivity index (χ1) is 17.8. The van der Waals surface area contributed by atoms with E-state index >= 15 is 0 Å². The Balaban J connectivity index is 1.46. The zero-order valence-electron chi connectivity index (χ0n) is 20.8. The highest BCUT2D eigenvalue weighted by Crippen LogP contribution is 2.71. The van der Waals surface area contributed by atoms with Gasteiger partial charge in [-0.1, -0.05) is 29.8 Å². The number of nitrogens with zero attached hydrogens (tertiary/aromatic N) is 1. The van der Waals surface area contributed by atoms with Crippen LogP contribution in [0.2, 0.25) is 5.02 Å². The molecule has 37 heavy (non-hydrogen) atoms. The van der Waals surface area contributed by atoms with Crippen LogP contribution in [0.1, 0.15) is 39.0 Å². The first-order valence-electron chi connectivity index (χ1n) is 12.8. The number of fused-ring (bicyclic) bond motifs is 1. The number of hydrogen-bond donors (Lipinski definition) is 3. The Morgan fingerprint density at radius 2 is 1.68 bits per heavy atom. The monoisotopic (exact) mass is 541 g/mol. The lowest BCUT2D eigenvalue weighted by atomic mass is 9.66. The summed E-state index contributed by atoms with van der Waals surface area (Å²) in [5.41, 5.74) is 1.31. The van der Waals surface area contributed by atoms with Gasteiger partial charge in [0.05, 0.1) is 16.6 Å². The molecule has 2 aromatic rings. The maximum Gasteiger partial charge on any atom is 0.248 e. The minimum absolute atomic E-state index is 0.0942. The Kier molecular flexibility index (Phi) is 7.27. The summed E-state index contributed by atoms with van der Waals surface area (Å²) in [6.07, 6.45) is 3.55. The average Bonchev–Trinajstić information content (AvgIpc) is 3.44. The standard InChI is InChI=1S/C28H32ClN3O4S/c1-27-14-15-28(37-27)22(21(27)24(34)30-19-8-4-2-5-9-19)26(36)32(16-6-3-7-17-33)23(28)25(35)31-20-12-10-18(29)11-13-20/h2,4-5,8-13,21-23,33H,3,6-7,14-17H2,1H3,(H,30,34)(H,31,35)/t21-,22-,23?,27+,28?/m0/s1. The molecular weight excluding hydrogens is 510 g/mol. The second kappa shape index (κ2) is 10.3. The summed E-state index contributed by atoms with van der Waals surface area (Å²) in [7, 11) is 0. The molecule has 3 N–H and O–H groups in total. The summed E-state index contributed by atoms with van der Waals surface area (Å²) < 4.78 is -1.10. The molecule has 0 saturated carbocycles. The van der Waals surface area contributed by atoms with E-state index in [4.69, 9.17) is 11.6 Å². The van der Waals surface area contributed by atoms with Gasteiger partial charge in [-0.2, -0.15) is 0 Å². The van der Waals surface area contributed by atoms with E-state index in [0.717, 1.165) is 12.8 Å². The van der Waals surface area contributed by atoms with Crippen LogP contribution >= 0.6 is 23.4 Å². The molecule has 9 heteroatoms. The number of thioether (sulfide) groups is 1. The minimum Gasteiger partial charge on any atom is -0.396 e. The smallest absolute Gasteiger partial charge is 0.248 e. The second-order valence-corrected chi connectivity index (χ2v) is 12.7. The van der Waals surface area contributed by atoms with Crippen molar-refractivity contribution in [3.05, 3.63) is 59.6 Å². The van der Waals surface area contributed by atoms with Gasteiger partial charge in [0.25, 0.3) is 0 Å². The van der Waals surface area contributed by atoms with Crippen LogP contribution in [0.4, 0.5) is 11.4 Å². The molecule has 7 nitrogen and oxygen atoms in total. The number of halogens is 1. The fourth-order valence-electron chi connectivity index (χ4n) is 6.42. The third kappa shape index (κ3) is 4.64. The van der Waals surface area contributed by atoms with Crippen molar-refractivity contribution in [2.45, 2.75) is 54.6 Å². The Hall–Kier alpha value is -2.55. The largest absolute Gasteiger partial charge is 0.396 e. The highest BCUT2D eigenvalue weighted by Gasteiger charge is 2.77. The van der Waals surface area contributed by atoms with Crippen molar-refractivity contribution in [3.8, 4) is 0 Å². The molecule has 0 aromatic heterocycles. The molecule has 3 aliphatic rings. The van der Waals surface area contributed by atoms with Gasteiger partial charge in [-0.15, -0.1) is 11.8 Å². The molecule has 2 unspecified atom stereocenters. The lowest BCUT2D eigenvalue weighted by Crippen LogP contribution is -2.51. The zero-order valence-corrected chi connectivity index (χ0v) is 22.4. The number of unbranched alkanes of at least 4 members (excludes halogenated alkanes) is 2. The molecule has 5 rings (SSSR count). The van der Waals surface area contributed by atoms with Crippen molar-refractivity contribution in [1.82, 2.24) is 4.90 Å². The first-order valence-corrected chi connectivity index (χ1v) is 14.0. The van der Waals surface area contributed by atoms with Gasteiger partial charge in [0, 0.05) is 34.3 Å². The summed E-state index contributed by atoms with van der Waals surface area (Å²) in [5.74, 6) is -1.63. The number of anilines is 2. The average molecular weight is 542 g/mol. The SMILES string of the molecule is C[C@]12CCC3(S1)C(C(=O)Nc1ccc(Cl)cc1)N(CCCCCO)C(=O)[C@@H]3[C@H]2C(=O)Nc1ccccc1. The Morgan fingerprint density at radius 1 is 1.00 bits per heavy atom. The fraction of sp³-hybridized carbons (Fsp3) is 0.464. The van der Waals surface area contributed by atoms with Crippen LogP contribution in [0, 0.1) is 11.8 Å². The van der Waals surface area contributed by atoms with Crippen LogP contribution in [-0.2, 0) is 14.4 Å². The summed E-state index contributed by atoms with van der Waals surface area (Å²) in [6.45, 7) is 2.57. The number of nitrogens with one attached hydrogen (secondary N) is 2. The predicted molar refractivity (Wildman–Crippen MR) is 147 cm³/mol. The van der Waals surface area contributed by atoms with Crippen molar-refractivity contribution in [2.24, 2.45) is 11.8 Å². The van der Waals surface area contributed by atoms with E-state index in [2.05, 4.69) is 17.6 Å². The van der Waals surface area contributed by atoms with Gasteiger partial charge in [-0.25, -0.2) is 0 Å². The van der Waals surface area contributed by atoms with Crippen LogP contribution < -0.4 is 10.6 Å². The topological polar surface area (TPSA) is 98.7 Å². The molecule has 3 fully saturated rings. The van der Waals surface area contributed by atoms with Crippen molar-refractivity contribution in [1.29, 1.82) is 0 Å². The van der Waals surface area contributed by atoms with Gasteiger partial charge in [-0.05, 0) is 75.4 Å². The van der Waals surface area contributed by atoms with E-state index in [1.165, 1.54) is 0 Å². The quantitative estimate of drug-likeness (QED) is 0.404. The van der Waals surface area contributed by atoms with Crippen LogP contribution in [0.25, 0.3) is 0 Å². The number of hydrogen-bond acceptors (Lipinski definition) is 5. The highest BCUT2D eigenvalue weighted by atomic mass is 35.5. The number of carbonyl (C=O) groups is 3. The van der Waals surface area contributed by atoms with E-state index in [9.17, 15) is 19.5 Å². The highest BCUT2D eigenvalue weighted by molar-refractivity contribution is 8.02. The van der Waals surface area contributed by atoms with Crippen molar-refractivity contribution >= 4 is 52.5 Å². The zero-order chi connectivity index (χ0) is 26.2. The molecule has 3 saturated heterocycles. The molecule has 3 amide bonds. The molecule has 3 heterocycles. The van der Waals surface area contributed by atoms with Crippen LogP contribution in [-0.4, -0.2) is 56.4 Å². The number of carbonyl (C=O) groups excluding carboxylic acids is 3. The molecule has 0 aliphatic carbocycles. The maximum atomic E-state index is 14.0. The molecule has 3 aliphatic heterocycles. The summed E-state index contributed by atoms with van der Waals surface area (Å²) >= 11 is 7.67. The van der Waals surface area contributed by atoms with E-state index in [0.29, 0.717) is 42.2 Å². The lowest BCUT2D eigenvalue weighted by molar-refractivity contribution is -0.139. The lowest BCUT2D eigenvalue weighted by Gasteiger charge is -2.34. The fourth-order valence-corrected chi connectivity index (χ4v) is 8.91. The Labute approximate surface area is 226 Å². The predicted octanol–water partition coefficient (Wildman–Crippen LogP) is 4.56. The molecule has 1 spiro atoms. The molecule has 196 valence electrons. The van der Waals surface area contributed by atoms with E-state index in [-0.39, 0.29) is 24.3 Å². The van der Waals surface area contributed by atoms with E-state index in [1.807, 2.05) is 30.3 Å². The number of aliphatic hydroxyl groups excluding tert-OH is 1. The van der Waals surface area contributed by atoms with Crippen LogP contribution in [0.3, 0.4) is 0 Å². The van der Waals surface area contributed by atoms with Crippen LogP contribution in [0.15, 0.2) is 54.6 Å². The van der Waals surface area contributed by atoms with Crippen molar-refractivity contribution in [3.63, 3.8) is 0 Å². The number of amides is 3. The number of para-hydroxylation sites is 1. The van der Waals surface area contributed by atoms with Gasteiger partial charge in [0.1, 0.15) is 6.04 Å². The Bertz CT molecular complexity index is 1180. The summed E-state index contributed by atoms with van der Waals surface area (Å²) in [6, 6.07) is 15.5. The van der Waals surface area contributed by atoms with Crippen LogP contribution in [0.5, 0.6) is 0 Å². The molecule has 5 atom stereocenters. The van der Waals surface area contributed by atoms with E-state index < -0.39 is 27.4 Å².